The van der Waals surface area contributed by atoms with Gasteiger partial charge in [0, 0.05) is 34.7 Å². The lowest BCUT2D eigenvalue weighted by Gasteiger charge is -2.31. The molecular weight excluding hydrogens is 439 g/mol. The summed E-state index contributed by atoms with van der Waals surface area (Å²) in [4.78, 5) is 27.1. The van der Waals surface area contributed by atoms with Crippen LogP contribution in [0.25, 0.3) is 0 Å². The van der Waals surface area contributed by atoms with E-state index in [1.54, 1.807) is 0 Å². The molecule has 1 aromatic carbocycles. The molecule has 1 aliphatic rings. The fourth-order valence-electron chi connectivity index (χ4n) is 3.49. The molecule has 1 N–H and O–H groups in total. The van der Waals surface area contributed by atoms with Crippen molar-refractivity contribution in [1.29, 1.82) is 0 Å². The van der Waals surface area contributed by atoms with Gasteiger partial charge in [-0.2, -0.15) is 0 Å². The predicted molar refractivity (Wildman–Crippen MR) is 114 cm³/mol. The number of rotatable bonds is 9. The lowest BCUT2D eigenvalue weighted by Crippen LogP contribution is -2.42. The minimum Gasteiger partial charge on any atom is -0.356 e. The number of carbonyl (C=O) groups is 2. The molecule has 0 saturated carbocycles. The van der Waals surface area contributed by atoms with E-state index in [1.165, 1.54) is 25.7 Å². The van der Waals surface area contributed by atoms with Crippen molar-refractivity contribution in [2.75, 3.05) is 13.1 Å². The predicted octanol–water partition coefficient (Wildman–Crippen LogP) is 4.76. The summed E-state index contributed by atoms with van der Waals surface area (Å²) in [5.41, 5.74) is 0.723. The number of unbranched alkanes of at least 4 members (excludes halogenated alkanes) is 5. The highest BCUT2D eigenvalue weighted by molar-refractivity contribution is 14.1. The van der Waals surface area contributed by atoms with Crippen molar-refractivity contribution in [3.63, 3.8) is 0 Å². The summed E-state index contributed by atoms with van der Waals surface area (Å²) in [6.45, 7) is 3.69. The van der Waals surface area contributed by atoms with Gasteiger partial charge < -0.3 is 10.2 Å². The summed E-state index contributed by atoms with van der Waals surface area (Å²) < 4.78 is 1.12. The van der Waals surface area contributed by atoms with Gasteiger partial charge in [0.15, 0.2) is 0 Å². The van der Waals surface area contributed by atoms with Gasteiger partial charge in [-0.25, -0.2) is 0 Å². The van der Waals surface area contributed by atoms with Crippen molar-refractivity contribution in [3.05, 3.63) is 33.4 Å². The molecule has 1 atom stereocenters. The third-order valence-corrected chi connectivity index (χ3v) is 5.72. The fraction of sp³-hybridized carbons (Fsp3) is 0.619. The maximum absolute atomic E-state index is 13.1. The molecule has 1 aromatic rings. The molecule has 1 unspecified atom stereocenters. The Kier molecular flexibility index (Phi) is 9.43. The third-order valence-electron chi connectivity index (χ3n) is 5.00. The van der Waals surface area contributed by atoms with Crippen LogP contribution in [-0.2, 0) is 4.79 Å². The first-order chi connectivity index (χ1) is 12.6. The average molecular weight is 470 g/mol. The number of amides is 2. The van der Waals surface area contributed by atoms with Gasteiger partial charge >= 0.3 is 0 Å². The molecule has 1 fully saturated rings. The van der Waals surface area contributed by atoms with Gasteiger partial charge in [-0.1, -0.05) is 39.0 Å². The Bertz CT molecular complexity index is 574. The SMILES string of the molecule is CCCCCCCCN(C(=O)c1ccc(I)cc1)C1CCCNC(=O)C1. The molecule has 0 aromatic heterocycles. The molecular formula is C21H31IN2O2. The molecule has 0 radical (unpaired) electrons. The van der Waals surface area contributed by atoms with Gasteiger partial charge in [0.1, 0.15) is 0 Å². The number of hydrogen-bond donors (Lipinski definition) is 1. The van der Waals surface area contributed by atoms with Crippen molar-refractivity contribution in [1.82, 2.24) is 10.2 Å². The highest BCUT2D eigenvalue weighted by Crippen LogP contribution is 2.19. The largest absolute Gasteiger partial charge is 0.356 e. The Morgan fingerprint density at radius 2 is 1.85 bits per heavy atom. The molecule has 0 bridgehead atoms. The molecule has 2 amide bonds. The quantitative estimate of drug-likeness (QED) is 0.418. The topological polar surface area (TPSA) is 49.4 Å². The van der Waals surface area contributed by atoms with Gasteiger partial charge in [-0.15, -0.1) is 0 Å². The first kappa shape index (κ1) is 21.2. The Morgan fingerprint density at radius 3 is 2.58 bits per heavy atom. The van der Waals surface area contributed by atoms with E-state index in [0.717, 1.165) is 47.9 Å². The van der Waals surface area contributed by atoms with Crippen LogP contribution in [0.3, 0.4) is 0 Å². The molecule has 26 heavy (non-hydrogen) atoms. The van der Waals surface area contributed by atoms with Crippen molar-refractivity contribution < 1.29 is 9.59 Å². The van der Waals surface area contributed by atoms with Gasteiger partial charge in [-0.05, 0) is 66.1 Å². The van der Waals surface area contributed by atoms with Crippen LogP contribution < -0.4 is 5.32 Å². The van der Waals surface area contributed by atoms with E-state index in [0.29, 0.717) is 6.42 Å². The smallest absolute Gasteiger partial charge is 0.254 e. The standard InChI is InChI=1S/C21H31IN2O2/c1-2-3-4-5-6-7-15-24(19-9-8-14-23-20(25)16-19)21(26)17-10-12-18(22)13-11-17/h10-13,19H,2-9,14-16H2,1H3,(H,23,25). The summed E-state index contributed by atoms with van der Waals surface area (Å²) in [5.74, 6) is 0.130. The summed E-state index contributed by atoms with van der Waals surface area (Å²) in [7, 11) is 0. The molecule has 0 spiro atoms. The zero-order valence-corrected chi connectivity index (χ0v) is 18.0. The normalized spacial score (nSPS) is 17.5. The van der Waals surface area contributed by atoms with Crippen LogP contribution >= 0.6 is 22.6 Å². The Hall–Kier alpha value is -1.11. The first-order valence-corrected chi connectivity index (χ1v) is 11.0. The first-order valence-electron chi connectivity index (χ1n) is 9.95. The third kappa shape index (κ3) is 6.89. The summed E-state index contributed by atoms with van der Waals surface area (Å²) in [6.07, 6.45) is 9.44. The second kappa shape index (κ2) is 11.6. The second-order valence-electron chi connectivity index (χ2n) is 7.12. The van der Waals surface area contributed by atoms with Crippen LogP contribution in [0.15, 0.2) is 24.3 Å². The number of benzene rings is 1. The summed E-state index contributed by atoms with van der Waals surface area (Å²) in [6, 6.07) is 7.75. The van der Waals surface area contributed by atoms with Gasteiger partial charge in [0.2, 0.25) is 5.91 Å². The van der Waals surface area contributed by atoms with Crippen molar-refractivity contribution in [2.24, 2.45) is 0 Å². The van der Waals surface area contributed by atoms with Crippen LogP contribution in [0.4, 0.5) is 0 Å². The fourth-order valence-corrected chi connectivity index (χ4v) is 3.85. The molecule has 4 nitrogen and oxygen atoms in total. The van der Waals surface area contributed by atoms with Crippen LogP contribution in [0.1, 0.15) is 75.1 Å². The minimum absolute atomic E-state index is 0.0138. The van der Waals surface area contributed by atoms with E-state index in [4.69, 9.17) is 0 Å². The highest BCUT2D eigenvalue weighted by atomic mass is 127. The van der Waals surface area contributed by atoms with Gasteiger partial charge in [0.25, 0.3) is 5.91 Å². The number of carbonyl (C=O) groups excluding carboxylic acids is 2. The lowest BCUT2D eigenvalue weighted by atomic mass is 10.0. The van der Waals surface area contributed by atoms with E-state index in [2.05, 4.69) is 34.8 Å². The zero-order chi connectivity index (χ0) is 18.8. The molecule has 144 valence electrons. The number of halogens is 1. The maximum Gasteiger partial charge on any atom is 0.254 e. The number of nitrogens with one attached hydrogen (secondary N) is 1. The molecule has 2 rings (SSSR count). The van der Waals surface area contributed by atoms with Crippen LogP contribution in [-0.4, -0.2) is 35.8 Å². The van der Waals surface area contributed by atoms with Gasteiger partial charge in [0.05, 0.1) is 0 Å². The molecule has 0 aliphatic carbocycles. The summed E-state index contributed by atoms with van der Waals surface area (Å²) in [5, 5.41) is 2.93. The second-order valence-corrected chi connectivity index (χ2v) is 8.37. The van der Waals surface area contributed by atoms with Crippen LogP contribution in [0, 0.1) is 3.57 Å². The van der Waals surface area contributed by atoms with E-state index < -0.39 is 0 Å². The van der Waals surface area contributed by atoms with Crippen LogP contribution in [0.2, 0.25) is 0 Å². The lowest BCUT2D eigenvalue weighted by molar-refractivity contribution is -0.121. The van der Waals surface area contributed by atoms with E-state index in [-0.39, 0.29) is 17.9 Å². The van der Waals surface area contributed by atoms with E-state index in [1.807, 2.05) is 29.2 Å². The minimum atomic E-state index is 0.0138. The molecule has 1 heterocycles. The molecule has 1 saturated heterocycles. The zero-order valence-electron chi connectivity index (χ0n) is 15.8. The van der Waals surface area contributed by atoms with Crippen molar-refractivity contribution in [3.8, 4) is 0 Å². The molecule has 5 heteroatoms. The van der Waals surface area contributed by atoms with E-state index in [9.17, 15) is 9.59 Å². The number of hydrogen-bond acceptors (Lipinski definition) is 2. The van der Waals surface area contributed by atoms with Crippen LogP contribution in [0.5, 0.6) is 0 Å². The Labute approximate surface area is 171 Å². The maximum atomic E-state index is 13.1. The van der Waals surface area contributed by atoms with E-state index >= 15 is 0 Å². The monoisotopic (exact) mass is 470 g/mol. The average Bonchev–Trinajstić information content (AvgIpc) is 2.85. The van der Waals surface area contributed by atoms with Crippen molar-refractivity contribution in [2.45, 2.75) is 70.8 Å². The molecule has 1 aliphatic heterocycles. The number of nitrogens with zero attached hydrogens (tertiary/aromatic N) is 1. The Morgan fingerprint density at radius 1 is 1.15 bits per heavy atom. The summed E-state index contributed by atoms with van der Waals surface area (Å²) >= 11 is 2.25. The Balaban J connectivity index is 2.03. The van der Waals surface area contributed by atoms with Crippen molar-refractivity contribution >= 4 is 34.4 Å². The van der Waals surface area contributed by atoms with Gasteiger partial charge in [-0.3, -0.25) is 9.59 Å². The highest BCUT2D eigenvalue weighted by Gasteiger charge is 2.27.